The summed E-state index contributed by atoms with van der Waals surface area (Å²) in [6.07, 6.45) is 6.95. The van der Waals surface area contributed by atoms with Crippen molar-refractivity contribution in [3.63, 3.8) is 0 Å². The fraction of sp³-hybridized carbons (Fsp3) is 0.680. The Hall–Kier alpha value is -1.92. The number of morpholine rings is 1. The summed E-state index contributed by atoms with van der Waals surface area (Å²) in [5.41, 5.74) is 1.02. The summed E-state index contributed by atoms with van der Waals surface area (Å²) >= 11 is 0. The van der Waals surface area contributed by atoms with Gasteiger partial charge >= 0.3 is 0 Å². The van der Waals surface area contributed by atoms with Crippen LogP contribution in [0, 0.1) is 0 Å². The van der Waals surface area contributed by atoms with E-state index in [-0.39, 0.29) is 24.0 Å². The highest BCUT2D eigenvalue weighted by molar-refractivity contribution is 5.99. The minimum atomic E-state index is -0.776. The minimum Gasteiger partial charge on any atom is -0.373 e. The number of unbranched alkanes of at least 4 members (excludes halogenated alkanes) is 1. The van der Waals surface area contributed by atoms with Crippen LogP contribution in [0.25, 0.3) is 0 Å². The van der Waals surface area contributed by atoms with Gasteiger partial charge in [0.05, 0.1) is 12.2 Å². The first kappa shape index (κ1) is 23.7. The highest BCUT2D eigenvalue weighted by Gasteiger charge is 2.40. The maximum atomic E-state index is 13.0. The molecule has 3 rings (SSSR count). The second-order valence-electron chi connectivity index (χ2n) is 9.35. The lowest BCUT2D eigenvalue weighted by Crippen LogP contribution is -2.59. The number of rotatable bonds is 8. The minimum absolute atomic E-state index is 0.0267. The zero-order chi connectivity index (χ0) is 22.3. The largest absolute Gasteiger partial charge is 0.373 e. The summed E-state index contributed by atoms with van der Waals surface area (Å²) in [5.74, 6) is -0.186. The molecule has 2 atom stereocenters. The number of nitrogens with one attached hydrogen (secondary N) is 2. The highest BCUT2D eigenvalue weighted by atomic mass is 16.5. The summed E-state index contributed by atoms with van der Waals surface area (Å²) in [6, 6.07) is 7.80. The first-order valence-electron chi connectivity index (χ1n) is 12.0. The Balaban J connectivity index is 1.62. The zero-order valence-corrected chi connectivity index (χ0v) is 19.4. The SMILES string of the molecule is CCCCNC(=O)C1(NC(=O)c2ccc(CN3CC(C)OC(C)C3)cc2)CCCCC1. The second-order valence-corrected chi connectivity index (χ2v) is 9.35. The molecule has 0 spiro atoms. The molecule has 1 aliphatic heterocycles. The van der Waals surface area contributed by atoms with E-state index in [4.69, 9.17) is 4.74 Å². The van der Waals surface area contributed by atoms with E-state index in [1.807, 2.05) is 24.3 Å². The molecular weight excluding hydrogens is 390 g/mol. The number of hydrogen-bond acceptors (Lipinski definition) is 4. The lowest BCUT2D eigenvalue weighted by atomic mass is 9.80. The van der Waals surface area contributed by atoms with Crippen LogP contribution in [-0.2, 0) is 16.1 Å². The average Bonchev–Trinajstić information content (AvgIpc) is 2.74. The number of amides is 2. The van der Waals surface area contributed by atoms with E-state index in [0.717, 1.165) is 51.7 Å². The molecule has 6 heteroatoms. The van der Waals surface area contributed by atoms with Gasteiger partial charge < -0.3 is 15.4 Å². The molecular formula is C25H39N3O3. The van der Waals surface area contributed by atoms with Crippen LogP contribution in [0.2, 0.25) is 0 Å². The Bertz CT molecular complexity index is 718. The standard InChI is InChI=1S/C25H39N3O3/c1-4-5-15-26-24(30)25(13-7-6-8-14-25)27-23(29)22-11-9-21(10-12-22)18-28-16-19(2)31-20(3)17-28/h9-12,19-20H,4-8,13-18H2,1-3H3,(H,26,30)(H,27,29). The fourth-order valence-electron chi connectivity index (χ4n) is 4.83. The van der Waals surface area contributed by atoms with E-state index in [9.17, 15) is 9.59 Å². The Morgan fingerprint density at radius 3 is 2.32 bits per heavy atom. The molecule has 1 aromatic rings. The molecule has 1 heterocycles. The summed E-state index contributed by atoms with van der Waals surface area (Å²) in [6.45, 7) is 9.67. The number of carbonyl (C=O) groups excluding carboxylic acids is 2. The number of carbonyl (C=O) groups is 2. The third-order valence-electron chi connectivity index (χ3n) is 6.43. The van der Waals surface area contributed by atoms with Crippen molar-refractivity contribution in [3.8, 4) is 0 Å². The summed E-state index contributed by atoms with van der Waals surface area (Å²) in [7, 11) is 0. The molecule has 1 saturated heterocycles. The molecule has 2 aliphatic rings. The Morgan fingerprint density at radius 1 is 1.06 bits per heavy atom. The molecule has 1 aromatic carbocycles. The number of nitrogens with zero attached hydrogens (tertiary/aromatic N) is 1. The third kappa shape index (κ3) is 6.53. The molecule has 0 radical (unpaired) electrons. The predicted octanol–water partition coefficient (Wildman–Crippen LogP) is 3.64. The summed E-state index contributed by atoms with van der Waals surface area (Å²) in [5, 5.41) is 6.15. The number of ether oxygens (including phenoxy) is 1. The number of benzene rings is 1. The Morgan fingerprint density at radius 2 is 1.71 bits per heavy atom. The maximum Gasteiger partial charge on any atom is 0.252 e. The molecule has 2 fully saturated rings. The van der Waals surface area contributed by atoms with Gasteiger partial charge in [0.1, 0.15) is 5.54 Å². The molecule has 2 unspecified atom stereocenters. The quantitative estimate of drug-likeness (QED) is 0.619. The van der Waals surface area contributed by atoms with Crippen molar-refractivity contribution in [2.45, 2.75) is 90.0 Å². The van der Waals surface area contributed by atoms with Gasteiger partial charge in [-0.15, -0.1) is 0 Å². The smallest absolute Gasteiger partial charge is 0.252 e. The van der Waals surface area contributed by atoms with Crippen molar-refractivity contribution in [3.05, 3.63) is 35.4 Å². The first-order chi connectivity index (χ1) is 14.9. The molecule has 1 saturated carbocycles. The molecule has 2 N–H and O–H groups in total. The zero-order valence-electron chi connectivity index (χ0n) is 19.4. The van der Waals surface area contributed by atoms with Crippen LogP contribution in [-0.4, -0.2) is 54.1 Å². The number of hydrogen-bond donors (Lipinski definition) is 2. The average molecular weight is 430 g/mol. The lowest BCUT2D eigenvalue weighted by Gasteiger charge is -2.36. The van der Waals surface area contributed by atoms with Crippen molar-refractivity contribution in [2.24, 2.45) is 0 Å². The molecule has 31 heavy (non-hydrogen) atoms. The van der Waals surface area contributed by atoms with Crippen molar-refractivity contribution in [1.29, 1.82) is 0 Å². The highest BCUT2D eigenvalue weighted by Crippen LogP contribution is 2.29. The third-order valence-corrected chi connectivity index (χ3v) is 6.43. The first-order valence-corrected chi connectivity index (χ1v) is 12.0. The van der Waals surface area contributed by atoms with Gasteiger partial charge in [0.15, 0.2) is 0 Å². The molecule has 1 aliphatic carbocycles. The van der Waals surface area contributed by atoms with E-state index in [1.165, 1.54) is 5.56 Å². The van der Waals surface area contributed by atoms with Gasteiger partial charge in [-0.05, 0) is 50.8 Å². The fourth-order valence-corrected chi connectivity index (χ4v) is 4.83. The molecule has 0 bridgehead atoms. The van der Waals surface area contributed by atoms with E-state index in [2.05, 4.69) is 36.3 Å². The van der Waals surface area contributed by atoms with Gasteiger partial charge in [0.25, 0.3) is 5.91 Å². The van der Waals surface area contributed by atoms with Gasteiger partial charge in [-0.3, -0.25) is 14.5 Å². The van der Waals surface area contributed by atoms with Crippen LogP contribution in [0.5, 0.6) is 0 Å². The molecule has 0 aromatic heterocycles. The van der Waals surface area contributed by atoms with Crippen LogP contribution >= 0.6 is 0 Å². The van der Waals surface area contributed by atoms with Gasteiger partial charge in [-0.1, -0.05) is 44.7 Å². The summed E-state index contributed by atoms with van der Waals surface area (Å²) < 4.78 is 5.81. The van der Waals surface area contributed by atoms with Crippen LogP contribution in [0.15, 0.2) is 24.3 Å². The Labute approximate surface area is 187 Å². The van der Waals surface area contributed by atoms with Crippen molar-refractivity contribution in [2.75, 3.05) is 19.6 Å². The van der Waals surface area contributed by atoms with Crippen LogP contribution in [0.1, 0.15) is 81.6 Å². The van der Waals surface area contributed by atoms with Gasteiger partial charge in [0, 0.05) is 31.7 Å². The van der Waals surface area contributed by atoms with E-state index in [0.29, 0.717) is 24.9 Å². The van der Waals surface area contributed by atoms with Gasteiger partial charge in [0.2, 0.25) is 5.91 Å². The monoisotopic (exact) mass is 429 g/mol. The normalized spacial score (nSPS) is 23.8. The van der Waals surface area contributed by atoms with Crippen molar-refractivity contribution in [1.82, 2.24) is 15.5 Å². The second kappa shape index (κ2) is 11.1. The predicted molar refractivity (Wildman–Crippen MR) is 123 cm³/mol. The van der Waals surface area contributed by atoms with Gasteiger partial charge in [-0.2, -0.15) is 0 Å². The van der Waals surface area contributed by atoms with Gasteiger partial charge in [-0.25, -0.2) is 0 Å². The maximum absolute atomic E-state index is 13.0. The van der Waals surface area contributed by atoms with E-state index < -0.39 is 5.54 Å². The lowest BCUT2D eigenvalue weighted by molar-refractivity contribution is -0.128. The van der Waals surface area contributed by atoms with Crippen LogP contribution in [0.3, 0.4) is 0 Å². The van der Waals surface area contributed by atoms with Crippen molar-refractivity contribution >= 4 is 11.8 Å². The molecule has 2 amide bonds. The van der Waals surface area contributed by atoms with Crippen LogP contribution < -0.4 is 10.6 Å². The Kier molecular flexibility index (Phi) is 8.50. The molecule has 6 nitrogen and oxygen atoms in total. The topological polar surface area (TPSA) is 70.7 Å². The van der Waals surface area contributed by atoms with Crippen molar-refractivity contribution < 1.29 is 14.3 Å². The van der Waals surface area contributed by atoms with E-state index in [1.54, 1.807) is 0 Å². The van der Waals surface area contributed by atoms with Crippen LogP contribution in [0.4, 0.5) is 0 Å². The summed E-state index contributed by atoms with van der Waals surface area (Å²) in [4.78, 5) is 28.4. The van der Waals surface area contributed by atoms with E-state index >= 15 is 0 Å². The molecule has 172 valence electrons.